The molecule has 6 rings (SSSR count). The molecule has 3 aromatic heterocycles. The van der Waals surface area contributed by atoms with Gasteiger partial charge in [-0.2, -0.15) is 5.10 Å². The van der Waals surface area contributed by atoms with Gasteiger partial charge in [0.2, 0.25) is 11.8 Å². The average Bonchev–Trinajstić information content (AvgIpc) is 3.36. The number of nitrogens with zero attached hydrogens (tertiary/aromatic N) is 4. The van der Waals surface area contributed by atoms with E-state index >= 15 is 4.39 Å². The Balaban J connectivity index is 1.32. The molecule has 3 unspecified atom stereocenters. The second kappa shape index (κ2) is 8.18. The van der Waals surface area contributed by atoms with Gasteiger partial charge < -0.3 is 21.1 Å². The lowest BCUT2D eigenvalue weighted by Crippen LogP contribution is -2.20. The number of benzene rings is 1. The summed E-state index contributed by atoms with van der Waals surface area (Å²) in [6, 6.07) is 3.44. The van der Waals surface area contributed by atoms with E-state index in [0.717, 1.165) is 16.8 Å². The number of hydrogen-bond donors (Lipinski definition) is 3. The highest BCUT2D eigenvalue weighted by Crippen LogP contribution is 2.54. The summed E-state index contributed by atoms with van der Waals surface area (Å²) < 4.78 is 22.7. The number of amides is 1. The number of nitrogens with one attached hydrogen (secondary N) is 2. The largest absolute Gasteiger partial charge is 0.474 e. The summed E-state index contributed by atoms with van der Waals surface area (Å²) in [5.74, 6) is 0.455. The van der Waals surface area contributed by atoms with Crippen LogP contribution in [0.4, 0.5) is 21.6 Å². The Hall–Kier alpha value is -4.21. The predicted octanol–water partition coefficient (Wildman–Crippen LogP) is 3.85. The molecule has 3 atom stereocenters. The number of ether oxygens (including phenoxy) is 1. The molecule has 4 aromatic rings. The first kappa shape index (κ1) is 22.3. The van der Waals surface area contributed by atoms with Crippen LogP contribution in [0.25, 0.3) is 21.9 Å². The topological polar surface area (TPSA) is 120 Å². The maximum atomic E-state index is 15.4. The number of aryl methyl sites for hydroxylation is 1. The monoisotopic (exact) mass is 487 g/mol. The first-order valence-electron chi connectivity index (χ1n) is 11.9. The highest BCUT2D eigenvalue weighted by Gasteiger charge is 2.52. The zero-order chi connectivity index (χ0) is 25.1. The standard InChI is InChI=1S/C26H26FN7O2/c1-12-17(9-31-26-24(12)29-4-5-36-26)16-6-14-7-19(30-10-18(14)23(28)22(16)27)33-25(35)21-13(2)20(21)15-8-32-34(3)11-15/h6-11,13,20-21,29H,4-5,28H2,1-3H3,(H,30,33,35). The first-order chi connectivity index (χ1) is 17.3. The number of anilines is 3. The number of aromatic nitrogens is 4. The van der Waals surface area contributed by atoms with E-state index < -0.39 is 5.82 Å². The third kappa shape index (κ3) is 3.52. The fraction of sp³-hybridized carbons (Fsp3) is 0.308. The highest BCUT2D eigenvalue weighted by molar-refractivity contribution is 6.01. The Morgan fingerprint density at radius 3 is 2.86 bits per heavy atom. The number of carbonyl (C=O) groups is 1. The van der Waals surface area contributed by atoms with E-state index in [-0.39, 0.29) is 29.3 Å². The number of carbonyl (C=O) groups excluding carboxylic acids is 1. The first-order valence-corrected chi connectivity index (χ1v) is 11.9. The van der Waals surface area contributed by atoms with Crippen molar-refractivity contribution in [2.45, 2.75) is 19.8 Å². The average molecular weight is 488 g/mol. The van der Waals surface area contributed by atoms with Gasteiger partial charge in [0.1, 0.15) is 18.1 Å². The molecule has 9 nitrogen and oxygen atoms in total. The summed E-state index contributed by atoms with van der Waals surface area (Å²) in [6.45, 7) is 5.13. The maximum absolute atomic E-state index is 15.4. The lowest BCUT2D eigenvalue weighted by molar-refractivity contribution is -0.117. The second-order valence-electron chi connectivity index (χ2n) is 9.54. The molecular weight excluding hydrogens is 461 g/mol. The van der Waals surface area contributed by atoms with Gasteiger partial charge in [0.25, 0.3) is 0 Å². The van der Waals surface area contributed by atoms with Crippen LogP contribution in [0.15, 0.2) is 36.9 Å². The van der Waals surface area contributed by atoms with Crippen LogP contribution in [0.5, 0.6) is 5.88 Å². The van der Waals surface area contributed by atoms with Crippen molar-refractivity contribution in [2.75, 3.05) is 29.5 Å². The molecule has 1 aliphatic carbocycles. The van der Waals surface area contributed by atoms with Crippen LogP contribution in [-0.2, 0) is 11.8 Å². The molecule has 1 aromatic carbocycles. The van der Waals surface area contributed by atoms with Gasteiger partial charge >= 0.3 is 0 Å². The van der Waals surface area contributed by atoms with Crippen molar-refractivity contribution < 1.29 is 13.9 Å². The molecule has 184 valence electrons. The minimum absolute atomic E-state index is 0.00154. The zero-order valence-electron chi connectivity index (χ0n) is 20.2. The van der Waals surface area contributed by atoms with Gasteiger partial charge in [0.05, 0.1) is 11.9 Å². The van der Waals surface area contributed by atoms with Crippen molar-refractivity contribution in [1.29, 1.82) is 0 Å². The summed E-state index contributed by atoms with van der Waals surface area (Å²) in [5.41, 5.74) is 9.76. The number of halogens is 1. The molecule has 36 heavy (non-hydrogen) atoms. The third-order valence-electron chi connectivity index (χ3n) is 7.28. The van der Waals surface area contributed by atoms with E-state index in [4.69, 9.17) is 10.5 Å². The lowest BCUT2D eigenvalue weighted by Gasteiger charge is -2.22. The molecule has 0 saturated heterocycles. The Kier molecular flexibility index (Phi) is 5.06. The molecule has 1 fully saturated rings. The Bertz CT molecular complexity index is 1530. The SMILES string of the molecule is Cc1c(-c2cc3cc(NC(=O)C4C(C)C4c4cnn(C)c4)ncc3c(N)c2F)cnc2c1NCCO2. The number of nitrogens with two attached hydrogens (primary N) is 1. The fourth-order valence-electron chi connectivity index (χ4n) is 5.25. The van der Waals surface area contributed by atoms with Crippen LogP contribution >= 0.6 is 0 Å². The predicted molar refractivity (Wildman–Crippen MR) is 135 cm³/mol. The Labute approximate surface area is 206 Å². The van der Waals surface area contributed by atoms with E-state index in [1.165, 1.54) is 6.20 Å². The summed E-state index contributed by atoms with van der Waals surface area (Å²) in [4.78, 5) is 21.7. The van der Waals surface area contributed by atoms with E-state index in [2.05, 4.69) is 32.6 Å². The zero-order valence-corrected chi connectivity index (χ0v) is 20.2. The molecule has 1 aliphatic heterocycles. The highest BCUT2D eigenvalue weighted by atomic mass is 19.1. The van der Waals surface area contributed by atoms with Gasteiger partial charge in [-0.3, -0.25) is 9.48 Å². The number of nitrogen functional groups attached to an aromatic ring is 1. The van der Waals surface area contributed by atoms with Crippen molar-refractivity contribution in [3.63, 3.8) is 0 Å². The van der Waals surface area contributed by atoms with Gasteiger partial charge in [-0.05, 0) is 41.5 Å². The van der Waals surface area contributed by atoms with Crippen LogP contribution in [0.1, 0.15) is 24.0 Å². The van der Waals surface area contributed by atoms with Gasteiger partial charge in [-0.25, -0.2) is 14.4 Å². The van der Waals surface area contributed by atoms with E-state index in [0.29, 0.717) is 46.7 Å². The molecule has 0 radical (unpaired) electrons. The molecule has 0 bridgehead atoms. The molecule has 4 heterocycles. The summed E-state index contributed by atoms with van der Waals surface area (Å²) in [6.07, 6.45) is 6.85. The normalized spacial score (nSPS) is 20.4. The van der Waals surface area contributed by atoms with Crippen molar-refractivity contribution in [3.05, 3.63) is 53.9 Å². The molecule has 2 aliphatic rings. The van der Waals surface area contributed by atoms with E-state index in [1.807, 2.05) is 20.2 Å². The molecule has 10 heteroatoms. The Morgan fingerprint density at radius 1 is 1.25 bits per heavy atom. The number of rotatable bonds is 4. The molecule has 1 saturated carbocycles. The van der Waals surface area contributed by atoms with Crippen molar-refractivity contribution in [3.8, 4) is 17.0 Å². The van der Waals surface area contributed by atoms with Crippen molar-refractivity contribution >= 4 is 33.9 Å². The van der Waals surface area contributed by atoms with E-state index in [9.17, 15) is 4.79 Å². The summed E-state index contributed by atoms with van der Waals surface area (Å²) in [7, 11) is 1.86. The summed E-state index contributed by atoms with van der Waals surface area (Å²) in [5, 5.41) is 11.6. The minimum Gasteiger partial charge on any atom is -0.474 e. The molecule has 4 N–H and O–H groups in total. The van der Waals surface area contributed by atoms with Crippen molar-refractivity contribution in [2.24, 2.45) is 18.9 Å². The van der Waals surface area contributed by atoms with Crippen molar-refractivity contribution in [1.82, 2.24) is 19.7 Å². The molecule has 0 spiro atoms. The third-order valence-corrected chi connectivity index (χ3v) is 7.28. The van der Waals surface area contributed by atoms with Crippen LogP contribution < -0.4 is 21.1 Å². The lowest BCUT2D eigenvalue weighted by atomic mass is 9.97. The fourth-order valence-corrected chi connectivity index (χ4v) is 5.25. The van der Waals surface area contributed by atoms with E-state index in [1.54, 1.807) is 29.2 Å². The maximum Gasteiger partial charge on any atom is 0.237 e. The van der Waals surface area contributed by atoms with Gasteiger partial charge in [0, 0.05) is 60.5 Å². The molecule has 1 amide bonds. The van der Waals surface area contributed by atoms with Crippen LogP contribution in [-0.4, -0.2) is 38.8 Å². The smallest absolute Gasteiger partial charge is 0.237 e. The number of hydrogen-bond acceptors (Lipinski definition) is 7. The second-order valence-corrected chi connectivity index (χ2v) is 9.54. The summed E-state index contributed by atoms with van der Waals surface area (Å²) >= 11 is 0. The number of fused-ring (bicyclic) bond motifs is 2. The minimum atomic E-state index is -0.534. The molecular formula is C26H26FN7O2. The van der Waals surface area contributed by atoms with Crippen LogP contribution in [0, 0.1) is 24.6 Å². The quantitative estimate of drug-likeness (QED) is 0.374. The Morgan fingerprint density at radius 2 is 2.08 bits per heavy atom. The van der Waals surface area contributed by atoms with Gasteiger partial charge in [0.15, 0.2) is 5.82 Å². The van der Waals surface area contributed by atoms with Crippen LogP contribution in [0.2, 0.25) is 0 Å². The number of pyridine rings is 2. The van der Waals surface area contributed by atoms with Gasteiger partial charge in [-0.1, -0.05) is 6.92 Å². The van der Waals surface area contributed by atoms with Crippen LogP contribution in [0.3, 0.4) is 0 Å². The van der Waals surface area contributed by atoms with Gasteiger partial charge in [-0.15, -0.1) is 0 Å².